The van der Waals surface area contributed by atoms with E-state index in [1.54, 1.807) is 0 Å². The number of benzene rings is 1. The predicted molar refractivity (Wildman–Crippen MR) is 76.9 cm³/mol. The Hall–Kier alpha value is -0.900. The number of nitrogens with zero attached hydrogens (tertiary/aromatic N) is 1. The molecule has 1 aromatic carbocycles. The molecule has 3 rings (SSSR count). The first-order valence-electron chi connectivity index (χ1n) is 7.55. The van der Waals surface area contributed by atoms with Crippen molar-refractivity contribution < 1.29 is 5.11 Å². The van der Waals surface area contributed by atoms with E-state index in [1.165, 1.54) is 24.0 Å². The Morgan fingerprint density at radius 3 is 3.00 bits per heavy atom. The lowest BCUT2D eigenvalue weighted by Crippen LogP contribution is -2.44. The topological polar surface area (TPSA) is 35.5 Å². The van der Waals surface area contributed by atoms with Gasteiger partial charge in [0, 0.05) is 18.6 Å². The first-order chi connectivity index (χ1) is 9.40. The largest absolute Gasteiger partial charge is 0.395 e. The van der Waals surface area contributed by atoms with Crippen LogP contribution < -0.4 is 5.32 Å². The van der Waals surface area contributed by atoms with Gasteiger partial charge in [-0.25, -0.2) is 0 Å². The number of fused-ring (bicyclic) bond motifs is 1. The second-order valence-electron chi connectivity index (χ2n) is 5.75. The molecule has 19 heavy (non-hydrogen) atoms. The number of piperidine rings is 1. The minimum atomic E-state index is 0.298. The second-order valence-corrected chi connectivity index (χ2v) is 5.75. The number of nitrogens with one attached hydrogen (secondary N) is 1. The van der Waals surface area contributed by atoms with Crippen LogP contribution in [-0.4, -0.2) is 35.7 Å². The van der Waals surface area contributed by atoms with Gasteiger partial charge in [0.05, 0.1) is 6.61 Å². The average Bonchev–Trinajstić information content (AvgIpc) is 2.69. The number of likely N-dealkylation sites (tertiary alicyclic amines) is 1. The minimum Gasteiger partial charge on any atom is -0.395 e. The molecule has 104 valence electrons. The number of hydrogen-bond donors (Lipinski definition) is 2. The van der Waals surface area contributed by atoms with Crippen LogP contribution in [0.5, 0.6) is 0 Å². The summed E-state index contributed by atoms with van der Waals surface area (Å²) in [5.74, 6) is 0. The monoisotopic (exact) mass is 260 g/mol. The molecule has 3 heteroatoms. The Morgan fingerprint density at radius 2 is 2.11 bits per heavy atom. The van der Waals surface area contributed by atoms with Gasteiger partial charge in [-0.05, 0) is 43.5 Å². The summed E-state index contributed by atoms with van der Waals surface area (Å²) in [6.45, 7) is 3.47. The molecule has 0 radical (unpaired) electrons. The van der Waals surface area contributed by atoms with Gasteiger partial charge in [-0.2, -0.15) is 0 Å². The number of aliphatic hydroxyl groups excluding tert-OH is 1. The Kier molecular flexibility index (Phi) is 4.16. The lowest BCUT2D eigenvalue weighted by molar-refractivity contribution is 0.0498. The maximum Gasteiger partial charge on any atom is 0.0587 e. The van der Waals surface area contributed by atoms with E-state index in [2.05, 4.69) is 34.5 Å². The molecule has 2 aliphatic rings. The van der Waals surface area contributed by atoms with E-state index in [0.717, 1.165) is 32.5 Å². The molecule has 2 heterocycles. The van der Waals surface area contributed by atoms with Gasteiger partial charge in [0.2, 0.25) is 0 Å². The molecule has 0 spiro atoms. The normalized spacial score (nSPS) is 28.7. The Morgan fingerprint density at radius 1 is 1.21 bits per heavy atom. The van der Waals surface area contributed by atoms with E-state index in [-0.39, 0.29) is 0 Å². The van der Waals surface area contributed by atoms with Crippen molar-refractivity contribution in [2.24, 2.45) is 0 Å². The van der Waals surface area contributed by atoms with Crippen molar-refractivity contribution in [3.05, 3.63) is 35.4 Å². The average molecular weight is 260 g/mol. The summed E-state index contributed by atoms with van der Waals surface area (Å²) in [5, 5.41) is 13.2. The van der Waals surface area contributed by atoms with Crippen LogP contribution >= 0.6 is 0 Å². The summed E-state index contributed by atoms with van der Waals surface area (Å²) in [6.07, 6.45) is 4.81. The maximum atomic E-state index is 9.65. The summed E-state index contributed by atoms with van der Waals surface area (Å²) in [4.78, 5) is 2.55. The molecule has 1 saturated heterocycles. The van der Waals surface area contributed by atoms with Gasteiger partial charge in [0.15, 0.2) is 0 Å². The molecule has 2 aliphatic heterocycles. The van der Waals surface area contributed by atoms with Gasteiger partial charge in [0.25, 0.3) is 0 Å². The van der Waals surface area contributed by atoms with E-state index in [0.29, 0.717) is 18.7 Å². The highest BCUT2D eigenvalue weighted by Crippen LogP contribution is 2.33. The van der Waals surface area contributed by atoms with Crippen molar-refractivity contribution in [1.29, 1.82) is 0 Å². The fraction of sp³-hybridized carbons (Fsp3) is 0.625. The van der Waals surface area contributed by atoms with Crippen LogP contribution in [0.3, 0.4) is 0 Å². The van der Waals surface area contributed by atoms with Crippen molar-refractivity contribution in [1.82, 2.24) is 10.2 Å². The van der Waals surface area contributed by atoms with E-state index in [4.69, 9.17) is 0 Å². The van der Waals surface area contributed by atoms with Crippen molar-refractivity contribution in [3.63, 3.8) is 0 Å². The highest BCUT2D eigenvalue weighted by molar-refractivity contribution is 5.31. The lowest BCUT2D eigenvalue weighted by Gasteiger charge is -2.40. The van der Waals surface area contributed by atoms with E-state index < -0.39 is 0 Å². The number of aliphatic hydroxyl groups is 1. The van der Waals surface area contributed by atoms with Crippen LogP contribution in [-0.2, 0) is 6.54 Å². The minimum absolute atomic E-state index is 0.298. The van der Waals surface area contributed by atoms with Crippen molar-refractivity contribution >= 4 is 0 Å². The number of rotatable bonds is 2. The van der Waals surface area contributed by atoms with Gasteiger partial charge in [-0.1, -0.05) is 30.7 Å². The Labute approximate surface area is 115 Å². The summed E-state index contributed by atoms with van der Waals surface area (Å²) in [6, 6.07) is 9.61. The van der Waals surface area contributed by atoms with Crippen molar-refractivity contribution in [2.45, 2.75) is 44.3 Å². The van der Waals surface area contributed by atoms with Crippen LogP contribution in [0.2, 0.25) is 0 Å². The molecule has 0 saturated carbocycles. The summed E-state index contributed by atoms with van der Waals surface area (Å²) in [5.41, 5.74) is 2.89. The first-order valence-corrected chi connectivity index (χ1v) is 7.55. The fourth-order valence-electron chi connectivity index (χ4n) is 3.61. The maximum absolute atomic E-state index is 9.65. The third kappa shape index (κ3) is 2.69. The Balaban J connectivity index is 1.90. The predicted octanol–water partition coefficient (Wildman–Crippen LogP) is 2.07. The molecule has 2 N–H and O–H groups in total. The third-order valence-electron chi connectivity index (χ3n) is 4.61. The van der Waals surface area contributed by atoms with Crippen LogP contribution in [0.1, 0.15) is 42.9 Å². The Bertz CT molecular complexity index is 421. The molecule has 1 fully saturated rings. The van der Waals surface area contributed by atoms with Crippen molar-refractivity contribution in [3.8, 4) is 0 Å². The highest BCUT2D eigenvalue weighted by atomic mass is 16.3. The zero-order valence-corrected chi connectivity index (χ0v) is 11.5. The van der Waals surface area contributed by atoms with Gasteiger partial charge in [-0.15, -0.1) is 0 Å². The van der Waals surface area contributed by atoms with Gasteiger partial charge >= 0.3 is 0 Å². The van der Waals surface area contributed by atoms with Crippen LogP contribution in [0.15, 0.2) is 24.3 Å². The molecule has 2 atom stereocenters. The zero-order chi connectivity index (χ0) is 13.1. The SMILES string of the molecule is OCC1CCCCN1C1CCNCc2ccccc21. The lowest BCUT2D eigenvalue weighted by atomic mass is 9.93. The summed E-state index contributed by atoms with van der Waals surface area (Å²) < 4.78 is 0. The summed E-state index contributed by atoms with van der Waals surface area (Å²) in [7, 11) is 0. The third-order valence-corrected chi connectivity index (χ3v) is 4.61. The fourth-order valence-corrected chi connectivity index (χ4v) is 3.61. The molecule has 0 bridgehead atoms. The molecule has 0 aromatic heterocycles. The highest BCUT2D eigenvalue weighted by Gasteiger charge is 2.31. The summed E-state index contributed by atoms with van der Waals surface area (Å²) >= 11 is 0. The molecule has 0 aliphatic carbocycles. The smallest absolute Gasteiger partial charge is 0.0587 e. The van der Waals surface area contributed by atoms with Gasteiger partial charge in [-0.3, -0.25) is 4.90 Å². The quantitative estimate of drug-likeness (QED) is 0.854. The second kappa shape index (κ2) is 6.04. The number of hydrogen-bond acceptors (Lipinski definition) is 3. The van der Waals surface area contributed by atoms with Crippen LogP contribution in [0.25, 0.3) is 0 Å². The first kappa shape index (κ1) is 13.1. The molecule has 0 amide bonds. The van der Waals surface area contributed by atoms with Crippen molar-refractivity contribution in [2.75, 3.05) is 19.7 Å². The van der Waals surface area contributed by atoms with Gasteiger partial charge < -0.3 is 10.4 Å². The van der Waals surface area contributed by atoms with Gasteiger partial charge in [0.1, 0.15) is 0 Å². The molecule has 1 aromatic rings. The molecule has 3 nitrogen and oxygen atoms in total. The zero-order valence-electron chi connectivity index (χ0n) is 11.5. The molecular formula is C16H24N2O. The molecule has 2 unspecified atom stereocenters. The van der Waals surface area contributed by atoms with E-state index >= 15 is 0 Å². The van der Waals surface area contributed by atoms with Crippen LogP contribution in [0, 0.1) is 0 Å². The van der Waals surface area contributed by atoms with E-state index in [9.17, 15) is 5.11 Å². The van der Waals surface area contributed by atoms with Crippen LogP contribution in [0.4, 0.5) is 0 Å². The van der Waals surface area contributed by atoms with E-state index in [1.807, 2.05) is 0 Å². The standard InChI is InChI=1S/C16H24N2O/c19-12-14-6-3-4-10-18(14)16-8-9-17-11-13-5-1-2-7-15(13)16/h1-2,5,7,14,16-17,19H,3-4,6,8-12H2. The molecular weight excluding hydrogens is 236 g/mol.